The van der Waals surface area contributed by atoms with E-state index in [-0.39, 0.29) is 0 Å². The molecule has 4 nitrogen and oxygen atoms in total. The molecule has 152 valence electrons. The van der Waals surface area contributed by atoms with Crippen LogP contribution in [-0.2, 0) is 0 Å². The van der Waals surface area contributed by atoms with Crippen molar-refractivity contribution in [2.24, 2.45) is 15.7 Å². The van der Waals surface area contributed by atoms with Gasteiger partial charge in [-0.25, -0.2) is 0 Å². The lowest BCUT2D eigenvalue weighted by Crippen LogP contribution is -2.23. The first-order valence-corrected chi connectivity index (χ1v) is 11.5. The van der Waals surface area contributed by atoms with Crippen molar-refractivity contribution in [1.29, 1.82) is 0 Å². The Bertz CT molecular complexity index is 606. The molecule has 0 saturated heterocycles. The number of nitrogens with zero attached hydrogens (tertiary/aromatic N) is 2. The van der Waals surface area contributed by atoms with Crippen LogP contribution in [0.2, 0.25) is 10.0 Å². The highest BCUT2D eigenvalue weighted by Gasteiger charge is 2.04. The van der Waals surface area contributed by atoms with Crippen LogP contribution in [-0.4, -0.2) is 23.4 Å². The van der Waals surface area contributed by atoms with E-state index in [1.807, 2.05) is 6.07 Å². The molecule has 0 unspecified atom stereocenters. The zero-order chi connectivity index (χ0) is 19.9. The lowest BCUT2D eigenvalue weighted by atomic mass is 10.1. The first-order chi connectivity index (χ1) is 13.1. The Labute approximate surface area is 178 Å². The fourth-order valence-corrected chi connectivity index (χ4v) is 3.52. The minimum absolute atomic E-state index is 0.305. The second-order valence-corrected chi connectivity index (χ2v) is 8.26. The molecule has 0 radical (unpaired) electrons. The standard InChI is InChI=1S/C20H32Cl2N4S/c1-3-5-7-8-9-10-14-27-20(24-13-6-4-2)26-19(23)25-16-11-12-17(21)18(22)15-16/h11-12,15H,3-10,13-14H2,1-2H3,(H3,23,24,25,26). The molecule has 1 rings (SSSR count). The largest absolute Gasteiger partial charge is 0.369 e. The molecule has 0 atom stereocenters. The van der Waals surface area contributed by atoms with E-state index in [0.717, 1.165) is 36.0 Å². The summed E-state index contributed by atoms with van der Waals surface area (Å²) in [7, 11) is 0. The molecule has 3 N–H and O–H groups in total. The molecule has 0 bridgehead atoms. The van der Waals surface area contributed by atoms with E-state index in [1.54, 1.807) is 23.9 Å². The predicted octanol–water partition coefficient (Wildman–Crippen LogP) is 6.97. The molecule has 0 saturated carbocycles. The van der Waals surface area contributed by atoms with Gasteiger partial charge in [0.2, 0.25) is 0 Å². The van der Waals surface area contributed by atoms with Crippen molar-refractivity contribution >= 4 is 51.8 Å². The van der Waals surface area contributed by atoms with E-state index in [9.17, 15) is 0 Å². The fourth-order valence-electron chi connectivity index (χ4n) is 2.34. The molecule has 1 aromatic rings. The number of guanidine groups is 1. The van der Waals surface area contributed by atoms with Gasteiger partial charge in [-0.1, -0.05) is 87.3 Å². The van der Waals surface area contributed by atoms with Gasteiger partial charge in [-0.3, -0.25) is 4.99 Å². The van der Waals surface area contributed by atoms with Crippen LogP contribution in [0.5, 0.6) is 0 Å². The molecule has 0 aliphatic carbocycles. The molecular formula is C20H32Cl2N4S. The molecule has 0 aliphatic rings. The number of anilines is 1. The number of amidine groups is 1. The van der Waals surface area contributed by atoms with Crippen LogP contribution in [0.25, 0.3) is 0 Å². The van der Waals surface area contributed by atoms with Gasteiger partial charge in [0, 0.05) is 18.0 Å². The molecule has 0 aromatic heterocycles. The molecule has 1 aromatic carbocycles. The maximum atomic E-state index is 6.05. The third-order valence-corrected chi connectivity index (χ3v) is 5.61. The van der Waals surface area contributed by atoms with E-state index in [1.165, 1.54) is 38.5 Å². The second-order valence-electron chi connectivity index (χ2n) is 6.39. The van der Waals surface area contributed by atoms with Crippen molar-refractivity contribution in [2.45, 2.75) is 65.2 Å². The number of nitrogens with one attached hydrogen (secondary N) is 1. The van der Waals surface area contributed by atoms with Gasteiger partial charge in [0.05, 0.1) is 10.0 Å². The number of aliphatic imine (C=N–C) groups is 2. The zero-order valence-corrected chi connectivity index (χ0v) is 18.8. The topological polar surface area (TPSA) is 62.8 Å². The Morgan fingerprint density at radius 2 is 1.70 bits per heavy atom. The maximum absolute atomic E-state index is 6.05. The summed E-state index contributed by atoms with van der Waals surface area (Å²) in [5.74, 6) is 1.32. The van der Waals surface area contributed by atoms with Crippen LogP contribution in [0, 0.1) is 0 Å². The average Bonchev–Trinajstić information content (AvgIpc) is 2.64. The van der Waals surface area contributed by atoms with Crippen molar-refractivity contribution in [3.8, 4) is 0 Å². The summed E-state index contributed by atoms with van der Waals surface area (Å²) in [6.45, 7) is 5.17. The predicted molar refractivity (Wildman–Crippen MR) is 125 cm³/mol. The Morgan fingerprint density at radius 1 is 1.00 bits per heavy atom. The number of thioether (sulfide) groups is 1. The van der Waals surface area contributed by atoms with Crippen molar-refractivity contribution in [2.75, 3.05) is 17.6 Å². The normalized spacial score (nSPS) is 12.4. The molecule has 0 spiro atoms. The molecule has 7 heteroatoms. The highest BCUT2D eigenvalue weighted by atomic mass is 35.5. The van der Waals surface area contributed by atoms with E-state index in [4.69, 9.17) is 28.9 Å². The fraction of sp³-hybridized carbons (Fsp3) is 0.600. The van der Waals surface area contributed by atoms with Gasteiger partial charge in [0.15, 0.2) is 11.1 Å². The van der Waals surface area contributed by atoms with Crippen LogP contribution in [0.3, 0.4) is 0 Å². The van der Waals surface area contributed by atoms with Gasteiger partial charge in [-0.05, 0) is 31.0 Å². The quantitative estimate of drug-likeness (QED) is 0.226. The van der Waals surface area contributed by atoms with Gasteiger partial charge in [-0.2, -0.15) is 4.99 Å². The third-order valence-electron chi connectivity index (χ3n) is 3.90. The Morgan fingerprint density at radius 3 is 2.41 bits per heavy atom. The summed E-state index contributed by atoms with van der Waals surface area (Å²) in [4.78, 5) is 9.06. The minimum Gasteiger partial charge on any atom is -0.369 e. The third kappa shape index (κ3) is 11.5. The van der Waals surface area contributed by atoms with Crippen molar-refractivity contribution in [1.82, 2.24) is 0 Å². The van der Waals surface area contributed by atoms with E-state index < -0.39 is 0 Å². The van der Waals surface area contributed by atoms with E-state index in [2.05, 4.69) is 29.1 Å². The number of halogens is 2. The van der Waals surface area contributed by atoms with Gasteiger partial charge >= 0.3 is 0 Å². The number of benzene rings is 1. The Hall–Kier alpha value is -0.910. The molecular weight excluding hydrogens is 399 g/mol. The van der Waals surface area contributed by atoms with Gasteiger partial charge in [0.25, 0.3) is 0 Å². The number of nitrogens with two attached hydrogens (primary N) is 1. The number of rotatable bonds is 11. The summed E-state index contributed by atoms with van der Waals surface area (Å²) < 4.78 is 0. The van der Waals surface area contributed by atoms with Gasteiger partial charge in [-0.15, -0.1) is 0 Å². The average molecular weight is 431 g/mol. The highest BCUT2D eigenvalue weighted by molar-refractivity contribution is 8.13. The van der Waals surface area contributed by atoms with Crippen LogP contribution in [0.4, 0.5) is 5.69 Å². The lowest BCUT2D eigenvalue weighted by molar-refractivity contribution is 0.627. The molecule has 27 heavy (non-hydrogen) atoms. The Kier molecular flexibility index (Phi) is 13.5. The van der Waals surface area contributed by atoms with E-state index >= 15 is 0 Å². The minimum atomic E-state index is 0.305. The number of hydrogen-bond donors (Lipinski definition) is 2. The molecule has 0 fully saturated rings. The summed E-state index contributed by atoms with van der Waals surface area (Å²) in [6.07, 6.45) is 9.85. The van der Waals surface area contributed by atoms with Crippen molar-refractivity contribution < 1.29 is 0 Å². The van der Waals surface area contributed by atoms with Gasteiger partial charge < -0.3 is 11.1 Å². The monoisotopic (exact) mass is 430 g/mol. The van der Waals surface area contributed by atoms with Gasteiger partial charge in [0.1, 0.15) is 0 Å². The smallest absolute Gasteiger partial charge is 0.200 e. The van der Waals surface area contributed by atoms with Crippen LogP contribution in [0.1, 0.15) is 65.2 Å². The van der Waals surface area contributed by atoms with Crippen LogP contribution in [0.15, 0.2) is 28.2 Å². The Balaban J connectivity index is 2.56. The molecule has 0 heterocycles. The first kappa shape index (κ1) is 24.1. The number of hydrogen-bond acceptors (Lipinski definition) is 2. The number of unbranched alkanes of at least 4 members (excludes halogenated alkanes) is 6. The van der Waals surface area contributed by atoms with E-state index in [0.29, 0.717) is 16.0 Å². The summed E-state index contributed by atoms with van der Waals surface area (Å²) in [6, 6.07) is 5.26. The van der Waals surface area contributed by atoms with Crippen LogP contribution < -0.4 is 11.1 Å². The summed E-state index contributed by atoms with van der Waals surface area (Å²) in [5.41, 5.74) is 6.80. The first-order valence-electron chi connectivity index (χ1n) is 9.80. The van der Waals surface area contributed by atoms with Crippen molar-refractivity contribution in [3.63, 3.8) is 0 Å². The maximum Gasteiger partial charge on any atom is 0.200 e. The highest BCUT2D eigenvalue weighted by Crippen LogP contribution is 2.24. The summed E-state index contributed by atoms with van der Waals surface area (Å²) >= 11 is 13.7. The molecule has 0 aliphatic heterocycles. The van der Waals surface area contributed by atoms with Crippen molar-refractivity contribution in [3.05, 3.63) is 28.2 Å². The second kappa shape index (κ2) is 15.1. The molecule has 0 amide bonds. The zero-order valence-electron chi connectivity index (χ0n) is 16.4. The van der Waals surface area contributed by atoms with Crippen LogP contribution >= 0.6 is 35.0 Å². The SMILES string of the molecule is CCCCCCCCSC(=NCCCC)/N=C(/N)Nc1ccc(Cl)c(Cl)c1. The summed E-state index contributed by atoms with van der Waals surface area (Å²) in [5, 5.41) is 4.77. The lowest BCUT2D eigenvalue weighted by Gasteiger charge is -2.08.